The smallest absolute Gasteiger partial charge is 0.255 e. The lowest BCUT2D eigenvalue weighted by Crippen LogP contribution is -2.33. The van der Waals surface area contributed by atoms with Gasteiger partial charge in [0, 0.05) is 31.8 Å². The lowest BCUT2D eigenvalue weighted by molar-refractivity contribution is 0.0951. The highest BCUT2D eigenvalue weighted by Gasteiger charge is 2.10. The second-order valence-electron chi connectivity index (χ2n) is 5.63. The molecule has 0 unspecified atom stereocenters. The molecule has 25 heavy (non-hydrogen) atoms. The molecule has 0 atom stereocenters. The Hall–Kier alpha value is -3.09. The van der Waals surface area contributed by atoms with Crippen molar-refractivity contribution in [3.8, 4) is 5.75 Å². The number of methoxy groups -OCH3 is 1. The van der Waals surface area contributed by atoms with Crippen LogP contribution < -0.4 is 15.5 Å². The highest BCUT2D eigenvalue weighted by atomic mass is 16.5. The number of hydrogen-bond acceptors (Lipinski definition) is 4. The minimum Gasteiger partial charge on any atom is -0.497 e. The fourth-order valence-electron chi connectivity index (χ4n) is 2.67. The molecule has 0 aliphatic heterocycles. The molecule has 1 aromatic carbocycles. The number of hydrogen-bond donors (Lipinski definition) is 3. The van der Waals surface area contributed by atoms with Gasteiger partial charge in [-0.15, -0.1) is 0 Å². The predicted octanol–water partition coefficient (Wildman–Crippen LogP) is 1.84. The molecule has 3 aromatic rings. The number of aromatic amines is 1. The first kappa shape index (κ1) is 16.8. The van der Waals surface area contributed by atoms with Crippen molar-refractivity contribution in [3.05, 3.63) is 53.4 Å². The molecule has 2 aromatic heterocycles. The van der Waals surface area contributed by atoms with E-state index < -0.39 is 0 Å². The Morgan fingerprint density at radius 2 is 2.24 bits per heavy atom. The van der Waals surface area contributed by atoms with Crippen molar-refractivity contribution in [2.24, 2.45) is 0 Å². The molecule has 0 saturated heterocycles. The molecule has 0 fully saturated rings. The van der Waals surface area contributed by atoms with Gasteiger partial charge in [0.2, 0.25) is 0 Å². The number of imidazole rings is 1. The van der Waals surface area contributed by atoms with E-state index in [0.717, 1.165) is 22.6 Å². The fourth-order valence-corrected chi connectivity index (χ4v) is 2.67. The molecule has 130 valence electrons. The molecule has 0 aliphatic rings. The SMILES string of the molecule is CCn1cccc(C(=O)NCCc2nc3ccc(OC)cc3[nH]2)c1=N. The Morgan fingerprint density at radius 1 is 1.40 bits per heavy atom. The number of pyridine rings is 1. The van der Waals surface area contributed by atoms with E-state index in [1.165, 1.54) is 0 Å². The summed E-state index contributed by atoms with van der Waals surface area (Å²) in [6.45, 7) is 3.04. The number of rotatable bonds is 6. The van der Waals surface area contributed by atoms with E-state index in [-0.39, 0.29) is 11.4 Å². The number of nitrogens with zero attached hydrogens (tertiary/aromatic N) is 2. The molecule has 0 radical (unpaired) electrons. The Balaban J connectivity index is 1.65. The summed E-state index contributed by atoms with van der Waals surface area (Å²) in [6.07, 6.45) is 2.37. The van der Waals surface area contributed by atoms with E-state index in [2.05, 4.69) is 15.3 Å². The second kappa shape index (κ2) is 7.21. The third-order valence-corrected chi connectivity index (χ3v) is 4.04. The van der Waals surface area contributed by atoms with Gasteiger partial charge in [-0.2, -0.15) is 0 Å². The summed E-state index contributed by atoms with van der Waals surface area (Å²) in [4.78, 5) is 20.0. The number of H-pyrrole nitrogens is 1. The monoisotopic (exact) mass is 339 g/mol. The summed E-state index contributed by atoms with van der Waals surface area (Å²) in [5.41, 5.74) is 2.36. The largest absolute Gasteiger partial charge is 0.497 e. The van der Waals surface area contributed by atoms with Gasteiger partial charge in [0.15, 0.2) is 0 Å². The minimum absolute atomic E-state index is 0.221. The molecule has 3 N–H and O–H groups in total. The van der Waals surface area contributed by atoms with E-state index in [4.69, 9.17) is 10.1 Å². The zero-order valence-corrected chi connectivity index (χ0v) is 14.3. The fraction of sp³-hybridized carbons (Fsp3) is 0.278. The van der Waals surface area contributed by atoms with Crippen molar-refractivity contribution in [1.82, 2.24) is 19.9 Å². The highest BCUT2D eigenvalue weighted by molar-refractivity contribution is 5.93. The lowest BCUT2D eigenvalue weighted by atomic mass is 10.2. The van der Waals surface area contributed by atoms with E-state index in [1.54, 1.807) is 30.0 Å². The van der Waals surface area contributed by atoms with Gasteiger partial charge in [-0.05, 0) is 31.2 Å². The molecular formula is C18H21N5O2. The standard InChI is InChI=1S/C18H21N5O2/c1-3-23-10-4-5-13(17(23)19)18(24)20-9-8-16-21-14-7-6-12(25-2)11-15(14)22-16/h4-7,10-11,19H,3,8-9H2,1-2H3,(H,20,24)(H,21,22). The number of carbonyl (C=O) groups is 1. The number of aromatic nitrogens is 3. The molecule has 0 bridgehead atoms. The van der Waals surface area contributed by atoms with Crippen molar-refractivity contribution >= 4 is 16.9 Å². The topological polar surface area (TPSA) is 95.8 Å². The van der Waals surface area contributed by atoms with Gasteiger partial charge < -0.3 is 19.6 Å². The van der Waals surface area contributed by atoms with Crippen LogP contribution in [-0.4, -0.2) is 34.1 Å². The second-order valence-corrected chi connectivity index (χ2v) is 5.63. The summed E-state index contributed by atoms with van der Waals surface area (Å²) in [5.74, 6) is 1.32. The molecule has 3 rings (SSSR count). The van der Waals surface area contributed by atoms with Gasteiger partial charge in [0.1, 0.15) is 17.1 Å². The van der Waals surface area contributed by atoms with Gasteiger partial charge >= 0.3 is 0 Å². The van der Waals surface area contributed by atoms with Crippen LogP contribution in [-0.2, 0) is 13.0 Å². The van der Waals surface area contributed by atoms with Gasteiger partial charge in [0.05, 0.1) is 23.7 Å². The number of carbonyl (C=O) groups excluding carboxylic acids is 1. The highest BCUT2D eigenvalue weighted by Crippen LogP contribution is 2.18. The number of aryl methyl sites for hydroxylation is 1. The molecular weight excluding hydrogens is 318 g/mol. The molecule has 0 saturated carbocycles. The summed E-state index contributed by atoms with van der Waals surface area (Å²) in [7, 11) is 1.63. The van der Waals surface area contributed by atoms with Crippen molar-refractivity contribution in [2.75, 3.05) is 13.7 Å². The predicted molar refractivity (Wildman–Crippen MR) is 94.6 cm³/mol. The Morgan fingerprint density at radius 3 is 3.00 bits per heavy atom. The summed E-state index contributed by atoms with van der Waals surface area (Å²) in [5, 5.41) is 10.9. The zero-order chi connectivity index (χ0) is 17.8. The van der Waals surface area contributed by atoms with E-state index in [0.29, 0.717) is 25.1 Å². The maximum Gasteiger partial charge on any atom is 0.255 e. The number of nitrogens with one attached hydrogen (secondary N) is 3. The van der Waals surface area contributed by atoms with Gasteiger partial charge in [0.25, 0.3) is 5.91 Å². The van der Waals surface area contributed by atoms with Crippen LogP contribution in [0.15, 0.2) is 36.5 Å². The van der Waals surface area contributed by atoms with Crippen molar-refractivity contribution < 1.29 is 9.53 Å². The van der Waals surface area contributed by atoms with Crippen LogP contribution in [0, 0.1) is 5.41 Å². The maximum absolute atomic E-state index is 12.3. The molecule has 1 amide bonds. The number of amides is 1. The van der Waals surface area contributed by atoms with Crippen molar-refractivity contribution in [2.45, 2.75) is 19.9 Å². The maximum atomic E-state index is 12.3. The van der Waals surface area contributed by atoms with Crippen LogP contribution in [0.1, 0.15) is 23.1 Å². The summed E-state index contributed by atoms with van der Waals surface area (Å²) in [6, 6.07) is 9.10. The average Bonchev–Trinajstić information content (AvgIpc) is 3.03. The minimum atomic E-state index is -0.245. The Kier molecular flexibility index (Phi) is 4.83. The van der Waals surface area contributed by atoms with Gasteiger partial charge in [-0.1, -0.05) is 0 Å². The lowest BCUT2D eigenvalue weighted by Gasteiger charge is -2.08. The molecule has 7 nitrogen and oxygen atoms in total. The molecule has 7 heteroatoms. The number of benzene rings is 1. The van der Waals surface area contributed by atoms with Crippen LogP contribution in [0.2, 0.25) is 0 Å². The average molecular weight is 339 g/mol. The zero-order valence-electron chi connectivity index (χ0n) is 14.3. The molecule has 0 aliphatic carbocycles. The van der Waals surface area contributed by atoms with Crippen LogP contribution in [0.3, 0.4) is 0 Å². The van der Waals surface area contributed by atoms with Crippen LogP contribution in [0.25, 0.3) is 11.0 Å². The van der Waals surface area contributed by atoms with Crippen LogP contribution in [0.4, 0.5) is 0 Å². The third-order valence-electron chi connectivity index (χ3n) is 4.04. The number of fused-ring (bicyclic) bond motifs is 1. The van der Waals surface area contributed by atoms with Gasteiger partial charge in [-0.25, -0.2) is 4.98 Å². The van der Waals surface area contributed by atoms with Crippen molar-refractivity contribution in [3.63, 3.8) is 0 Å². The first-order valence-electron chi connectivity index (χ1n) is 8.17. The molecule has 2 heterocycles. The van der Waals surface area contributed by atoms with E-state index in [1.807, 2.05) is 25.1 Å². The summed E-state index contributed by atoms with van der Waals surface area (Å²) < 4.78 is 6.92. The van der Waals surface area contributed by atoms with E-state index >= 15 is 0 Å². The quantitative estimate of drug-likeness (QED) is 0.639. The third kappa shape index (κ3) is 3.55. The first-order valence-corrected chi connectivity index (χ1v) is 8.17. The Bertz CT molecular complexity index is 957. The normalized spacial score (nSPS) is 10.8. The van der Waals surface area contributed by atoms with Crippen molar-refractivity contribution in [1.29, 1.82) is 5.41 Å². The molecule has 0 spiro atoms. The summed E-state index contributed by atoms with van der Waals surface area (Å²) >= 11 is 0. The number of ether oxygens (including phenoxy) is 1. The van der Waals surface area contributed by atoms with Gasteiger partial charge in [-0.3, -0.25) is 10.2 Å². The van der Waals surface area contributed by atoms with E-state index in [9.17, 15) is 4.79 Å². The van der Waals surface area contributed by atoms with Crippen LogP contribution >= 0.6 is 0 Å². The van der Waals surface area contributed by atoms with Crippen LogP contribution in [0.5, 0.6) is 5.75 Å². The first-order chi connectivity index (χ1) is 12.1. The Labute approximate surface area is 145 Å².